The van der Waals surface area contributed by atoms with Gasteiger partial charge in [-0.2, -0.15) is 0 Å². The molecule has 0 aliphatic rings. The minimum atomic E-state index is -0.756. The second kappa shape index (κ2) is 34.7. The van der Waals surface area contributed by atoms with Crippen LogP contribution in [0.1, 0.15) is 214 Å². The molecular weight excluding hydrogens is 576 g/mol. The molecule has 6 nitrogen and oxygen atoms in total. The molecule has 0 saturated heterocycles. The van der Waals surface area contributed by atoms with Crippen molar-refractivity contribution >= 4 is 17.9 Å². The number of ether oxygens (including phenoxy) is 3. The topological polar surface area (TPSA) is 78.9 Å². The highest BCUT2D eigenvalue weighted by Crippen LogP contribution is 2.16. The summed E-state index contributed by atoms with van der Waals surface area (Å²) in [6.07, 6.45) is 31.0. The number of rotatable bonds is 35. The summed E-state index contributed by atoms with van der Waals surface area (Å²) < 4.78 is 16.5. The predicted molar refractivity (Wildman–Crippen MR) is 192 cm³/mol. The van der Waals surface area contributed by atoms with Gasteiger partial charge in [-0.25, -0.2) is 0 Å². The van der Waals surface area contributed by atoms with Crippen LogP contribution in [0.3, 0.4) is 0 Å². The number of esters is 3. The molecule has 0 aromatic carbocycles. The maximum absolute atomic E-state index is 12.5. The summed E-state index contributed by atoms with van der Waals surface area (Å²) in [5, 5.41) is 0. The smallest absolute Gasteiger partial charge is 0.306 e. The van der Waals surface area contributed by atoms with Gasteiger partial charge in [0.1, 0.15) is 13.2 Å². The molecule has 0 aromatic rings. The van der Waals surface area contributed by atoms with E-state index in [4.69, 9.17) is 14.2 Å². The average molecular weight is 653 g/mol. The van der Waals surface area contributed by atoms with Gasteiger partial charge in [0.25, 0.3) is 0 Å². The molecule has 2 atom stereocenters. The Labute approximate surface area is 285 Å². The second-order valence-electron chi connectivity index (χ2n) is 13.8. The first-order valence-corrected chi connectivity index (χ1v) is 19.9. The van der Waals surface area contributed by atoms with Crippen molar-refractivity contribution in [3.05, 3.63) is 0 Å². The Bertz CT molecular complexity index is 693. The number of hydrogen-bond acceptors (Lipinski definition) is 6. The molecule has 0 aromatic heterocycles. The number of carbonyl (C=O) groups excluding carboxylic acids is 3. The summed E-state index contributed by atoms with van der Waals surface area (Å²) in [4.78, 5) is 37.2. The third kappa shape index (κ3) is 32.4. The summed E-state index contributed by atoms with van der Waals surface area (Å²) in [5.74, 6) is -0.00629. The van der Waals surface area contributed by atoms with Crippen molar-refractivity contribution < 1.29 is 28.6 Å². The molecule has 6 heteroatoms. The van der Waals surface area contributed by atoms with Crippen LogP contribution in [0.4, 0.5) is 0 Å². The molecule has 272 valence electrons. The van der Waals surface area contributed by atoms with E-state index in [9.17, 15) is 14.4 Å². The van der Waals surface area contributed by atoms with Crippen molar-refractivity contribution in [2.75, 3.05) is 13.2 Å². The summed E-state index contributed by atoms with van der Waals surface area (Å²) in [6.45, 7) is 8.91. The quantitative estimate of drug-likeness (QED) is 0.0385. The normalized spacial score (nSPS) is 12.5. The van der Waals surface area contributed by atoms with Gasteiger partial charge in [0.15, 0.2) is 6.10 Å². The van der Waals surface area contributed by atoms with Crippen LogP contribution in [0.5, 0.6) is 0 Å². The first-order chi connectivity index (χ1) is 22.4. The van der Waals surface area contributed by atoms with Gasteiger partial charge in [-0.3, -0.25) is 14.4 Å². The van der Waals surface area contributed by atoms with Crippen molar-refractivity contribution in [3.63, 3.8) is 0 Å². The zero-order chi connectivity index (χ0) is 33.9. The van der Waals surface area contributed by atoms with Crippen LogP contribution in [0.25, 0.3) is 0 Å². The molecule has 0 spiro atoms. The molecule has 0 amide bonds. The van der Waals surface area contributed by atoms with E-state index in [1.54, 1.807) is 0 Å². The SMILES string of the molecule is CCCCCCCCCC(=O)OC[C@@H](COC(=O)CCCCCCCCCCCCC(C)CC)OC(=O)CCCCCCCCC. The van der Waals surface area contributed by atoms with Crippen LogP contribution in [-0.2, 0) is 28.6 Å². The van der Waals surface area contributed by atoms with Crippen molar-refractivity contribution in [2.24, 2.45) is 5.92 Å². The van der Waals surface area contributed by atoms with Crippen LogP contribution >= 0.6 is 0 Å². The number of carbonyl (C=O) groups is 3. The van der Waals surface area contributed by atoms with Gasteiger partial charge in [0, 0.05) is 19.3 Å². The molecule has 0 aliphatic carbocycles. The zero-order valence-electron chi connectivity index (χ0n) is 31.0. The lowest BCUT2D eigenvalue weighted by molar-refractivity contribution is -0.167. The molecule has 1 unspecified atom stereocenters. The zero-order valence-corrected chi connectivity index (χ0v) is 31.0. The van der Waals surface area contributed by atoms with Crippen LogP contribution in [0.2, 0.25) is 0 Å². The van der Waals surface area contributed by atoms with Gasteiger partial charge >= 0.3 is 17.9 Å². The molecule has 0 heterocycles. The lowest BCUT2D eigenvalue weighted by Gasteiger charge is -2.18. The predicted octanol–water partition coefficient (Wildman–Crippen LogP) is 12.0. The van der Waals surface area contributed by atoms with Crippen molar-refractivity contribution in [1.82, 2.24) is 0 Å². The second-order valence-corrected chi connectivity index (χ2v) is 13.8. The molecule has 0 saturated carbocycles. The van der Waals surface area contributed by atoms with Gasteiger partial charge in [0.05, 0.1) is 0 Å². The Kier molecular flexibility index (Phi) is 33.5. The van der Waals surface area contributed by atoms with E-state index in [0.29, 0.717) is 19.3 Å². The molecular formula is C40H76O6. The lowest BCUT2D eigenvalue weighted by Crippen LogP contribution is -2.30. The van der Waals surface area contributed by atoms with Gasteiger partial charge in [-0.05, 0) is 25.2 Å². The van der Waals surface area contributed by atoms with Gasteiger partial charge < -0.3 is 14.2 Å². The highest BCUT2D eigenvalue weighted by molar-refractivity contribution is 5.71. The Balaban J connectivity index is 4.24. The Morgan fingerprint density at radius 1 is 0.435 bits per heavy atom. The summed E-state index contributed by atoms with van der Waals surface area (Å²) in [7, 11) is 0. The fourth-order valence-corrected chi connectivity index (χ4v) is 5.71. The van der Waals surface area contributed by atoms with E-state index < -0.39 is 6.10 Å². The van der Waals surface area contributed by atoms with Crippen LogP contribution in [0.15, 0.2) is 0 Å². The van der Waals surface area contributed by atoms with E-state index in [1.165, 1.54) is 109 Å². The number of unbranched alkanes of at least 4 members (excludes halogenated alkanes) is 21. The average Bonchev–Trinajstić information content (AvgIpc) is 3.05. The van der Waals surface area contributed by atoms with Crippen LogP contribution in [-0.4, -0.2) is 37.2 Å². The molecule has 0 N–H and O–H groups in total. The minimum Gasteiger partial charge on any atom is -0.462 e. The van der Waals surface area contributed by atoms with Crippen LogP contribution in [0, 0.1) is 5.92 Å². The number of hydrogen-bond donors (Lipinski definition) is 0. The van der Waals surface area contributed by atoms with E-state index in [2.05, 4.69) is 27.7 Å². The molecule has 0 radical (unpaired) electrons. The third-order valence-corrected chi connectivity index (χ3v) is 9.15. The highest BCUT2D eigenvalue weighted by Gasteiger charge is 2.19. The van der Waals surface area contributed by atoms with Crippen LogP contribution < -0.4 is 0 Å². The fourth-order valence-electron chi connectivity index (χ4n) is 5.71. The third-order valence-electron chi connectivity index (χ3n) is 9.15. The summed E-state index contributed by atoms with van der Waals surface area (Å²) in [6, 6.07) is 0. The fraction of sp³-hybridized carbons (Fsp3) is 0.925. The molecule has 0 fully saturated rings. The van der Waals surface area contributed by atoms with Crippen molar-refractivity contribution in [2.45, 2.75) is 220 Å². The van der Waals surface area contributed by atoms with Gasteiger partial charge in [0.2, 0.25) is 0 Å². The highest BCUT2D eigenvalue weighted by atomic mass is 16.6. The minimum absolute atomic E-state index is 0.0658. The van der Waals surface area contributed by atoms with Gasteiger partial charge in [-0.15, -0.1) is 0 Å². The van der Waals surface area contributed by atoms with Gasteiger partial charge in [-0.1, -0.05) is 175 Å². The molecule has 0 rings (SSSR count). The maximum Gasteiger partial charge on any atom is 0.306 e. The first kappa shape index (κ1) is 44.4. The standard InChI is InChI=1S/C40H76O6/c1-5-8-10-12-18-23-27-31-38(41)44-34-37(46-40(43)33-29-25-19-13-11-9-6-2)35-45-39(42)32-28-24-21-17-15-14-16-20-22-26-30-36(4)7-3/h36-37H,5-35H2,1-4H3/t36?,37-/m0/s1. The molecule has 46 heavy (non-hydrogen) atoms. The summed E-state index contributed by atoms with van der Waals surface area (Å²) in [5.41, 5.74) is 0. The monoisotopic (exact) mass is 653 g/mol. The van der Waals surface area contributed by atoms with E-state index in [1.807, 2.05) is 0 Å². The molecule has 0 bridgehead atoms. The van der Waals surface area contributed by atoms with E-state index in [-0.39, 0.29) is 31.1 Å². The maximum atomic E-state index is 12.5. The Hall–Kier alpha value is -1.59. The Morgan fingerprint density at radius 2 is 0.761 bits per heavy atom. The van der Waals surface area contributed by atoms with Crippen molar-refractivity contribution in [1.29, 1.82) is 0 Å². The first-order valence-electron chi connectivity index (χ1n) is 19.9. The molecule has 0 aliphatic heterocycles. The van der Waals surface area contributed by atoms with E-state index in [0.717, 1.165) is 63.7 Å². The Morgan fingerprint density at radius 3 is 1.13 bits per heavy atom. The lowest BCUT2D eigenvalue weighted by atomic mass is 9.99. The largest absolute Gasteiger partial charge is 0.462 e. The summed E-state index contributed by atoms with van der Waals surface area (Å²) >= 11 is 0. The van der Waals surface area contributed by atoms with Crippen molar-refractivity contribution in [3.8, 4) is 0 Å². The van der Waals surface area contributed by atoms with E-state index >= 15 is 0 Å².